The molecule has 1 aromatic heterocycles. The van der Waals surface area contributed by atoms with Gasteiger partial charge in [0.25, 0.3) is 0 Å². The SMILES string of the molecule is CCOc1ccccc1S(=O)(=O)N1CCN(CCn2ccnc2)CC1. The molecule has 0 N–H and O–H groups in total. The maximum Gasteiger partial charge on any atom is 0.246 e. The minimum absolute atomic E-state index is 0.253. The van der Waals surface area contributed by atoms with Crippen molar-refractivity contribution >= 4 is 10.0 Å². The number of piperazine rings is 1. The van der Waals surface area contributed by atoms with Crippen molar-refractivity contribution in [2.75, 3.05) is 39.3 Å². The Kier molecular flexibility index (Phi) is 5.72. The number of benzene rings is 1. The first-order chi connectivity index (χ1) is 12.1. The highest BCUT2D eigenvalue weighted by Crippen LogP contribution is 2.27. The van der Waals surface area contributed by atoms with Crippen LogP contribution in [0.5, 0.6) is 5.75 Å². The summed E-state index contributed by atoms with van der Waals surface area (Å²) in [6.07, 6.45) is 5.50. The summed E-state index contributed by atoms with van der Waals surface area (Å²) >= 11 is 0. The molecule has 1 fully saturated rings. The van der Waals surface area contributed by atoms with Gasteiger partial charge in [0.2, 0.25) is 10.0 Å². The fourth-order valence-corrected chi connectivity index (χ4v) is 4.50. The maximum atomic E-state index is 12.9. The van der Waals surface area contributed by atoms with E-state index in [1.54, 1.807) is 41.1 Å². The topological polar surface area (TPSA) is 67.7 Å². The Labute approximate surface area is 148 Å². The molecule has 0 saturated carbocycles. The lowest BCUT2D eigenvalue weighted by Crippen LogP contribution is -2.49. The minimum Gasteiger partial charge on any atom is -0.492 e. The van der Waals surface area contributed by atoms with E-state index in [-0.39, 0.29) is 4.90 Å². The monoisotopic (exact) mass is 364 g/mol. The second kappa shape index (κ2) is 7.99. The third-order valence-electron chi connectivity index (χ3n) is 4.33. The predicted molar refractivity (Wildman–Crippen MR) is 95.0 cm³/mol. The molecule has 2 aromatic rings. The highest BCUT2D eigenvalue weighted by Gasteiger charge is 2.30. The van der Waals surface area contributed by atoms with E-state index < -0.39 is 10.0 Å². The summed E-state index contributed by atoms with van der Waals surface area (Å²) in [5.74, 6) is 0.424. The fourth-order valence-electron chi connectivity index (χ4n) is 2.95. The summed E-state index contributed by atoms with van der Waals surface area (Å²) in [5, 5.41) is 0. The van der Waals surface area contributed by atoms with Crippen molar-refractivity contribution in [3.63, 3.8) is 0 Å². The van der Waals surface area contributed by atoms with Gasteiger partial charge in [-0.1, -0.05) is 12.1 Å². The summed E-state index contributed by atoms with van der Waals surface area (Å²) in [5.41, 5.74) is 0. The number of hydrogen-bond acceptors (Lipinski definition) is 5. The van der Waals surface area contributed by atoms with Gasteiger partial charge < -0.3 is 9.30 Å². The van der Waals surface area contributed by atoms with Crippen molar-refractivity contribution in [2.24, 2.45) is 0 Å². The number of imidazole rings is 1. The van der Waals surface area contributed by atoms with E-state index in [9.17, 15) is 8.42 Å². The molecule has 0 bridgehead atoms. The minimum atomic E-state index is -3.53. The van der Waals surface area contributed by atoms with Crippen LogP contribution in [-0.2, 0) is 16.6 Å². The number of nitrogens with zero attached hydrogens (tertiary/aromatic N) is 4. The summed E-state index contributed by atoms with van der Waals surface area (Å²) in [6, 6.07) is 6.85. The summed E-state index contributed by atoms with van der Waals surface area (Å²) < 4.78 is 35.0. The lowest BCUT2D eigenvalue weighted by molar-refractivity contribution is 0.182. The van der Waals surface area contributed by atoms with Crippen LogP contribution >= 0.6 is 0 Å². The molecule has 3 rings (SSSR count). The van der Waals surface area contributed by atoms with Crippen LogP contribution in [0.25, 0.3) is 0 Å². The Morgan fingerprint density at radius 1 is 1.12 bits per heavy atom. The zero-order valence-electron chi connectivity index (χ0n) is 14.4. The van der Waals surface area contributed by atoms with Gasteiger partial charge in [-0.15, -0.1) is 0 Å². The van der Waals surface area contributed by atoms with Crippen molar-refractivity contribution in [1.82, 2.24) is 18.8 Å². The van der Waals surface area contributed by atoms with Crippen molar-refractivity contribution in [2.45, 2.75) is 18.4 Å². The van der Waals surface area contributed by atoms with Gasteiger partial charge in [-0.05, 0) is 19.1 Å². The van der Waals surface area contributed by atoms with Crippen LogP contribution < -0.4 is 4.74 Å². The summed E-state index contributed by atoms with van der Waals surface area (Å²) in [6.45, 7) is 6.48. The van der Waals surface area contributed by atoms with Gasteiger partial charge in [0.05, 0.1) is 12.9 Å². The van der Waals surface area contributed by atoms with Crippen molar-refractivity contribution in [3.05, 3.63) is 43.0 Å². The number of hydrogen-bond donors (Lipinski definition) is 0. The van der Waals surface area contributed by atoms with Gasteiger partial charge in [0, 0.05) is 51.7 Å². The van der Waals surface area contributed by atoms with E-state index in [0.29, 0.717) is 25.4 Å². The molecule has 8 heteroatoms. The molecular formula is C17H24N4O3S. The van der Waals surface area contributed by atoms with E-state index in [2.05, 4.69) is 9.88 Å². The second-order valence-corrected chi connectivity index (χ2v) is 7.83. The Bertz CT molecular complexity index is 769. The van der Waals surface area contributed by atoms with Crippen LogP contribution in [0, 0.1) is 0 Å². The van der Waals surface area contributed by atoms with Crippen LogP contribution in [0.2, 0.25) is 0 Å². The zero-order valence-corrected chi connectivity index (χ0v) is 15.2. The summed E-state index contributed by atoms with van der Waals surface area (Å²) in [4.78, 5) is 6.56. The molecule has 1 aliphatic heterocycles. The first-order valence-electron chi connectivity index (χ1n) is 8.51. The standard InChI is InChI=1S/C17H24N4O3S/c1-2-24-16-5-3-4-6-17(16)25(22,23)21-13-11-19(12-14-21)9-10-20-8-7-18-15-20/h3-8,15H,2,9-14H2,1H3. The molecule has 0 amide bonds. The van der Waals surface area contributed by atoms with E-state index in [4.69, 9.17) is 4.74 Å². The van der Waals surface area contributed by atoms with Crippen molar-refractivity contribution in [3.8, 4) is 5.75 Å². The molecule has 0 radical (unpaired) electrons. The third-order valence-corrected chi connectivity index (χ3v) is 6.27. The Balaban J connectivity index is 1.61. The molecule has 0 spiro atoms. The molecule has 0 atom stereocenters. The Hall–Kier alpha value is -1.90. The molecule has 25 heavy (non-hydrogen) atoms. The van der Waals surface area contributed by atoms with Gasteiger partial charge >= 0.3 is 0 Å². The van der Waals surface area contributed by atoms with Crippen LogP contribution in [0.3, 0.4) is 0 Å². The number of para-hydroxylation sites is 1. The van der Waals surface area contributed by atoms with Crippen LogP contribution in [0.4, 0.5) is 0 Å². The highest BCUT2D eigenvalue weighted by molar-refractivity contribution is 7.89. The molecular weight excluding hydrogens is 340 g/mol. The highest BCUT2D eigenvalue weighted by atomic mass is 32.2. The maximum absolute atomic E-state index is 12.9. The zero-order chi connectivity index (χ0) is 17.7. The number of sulfonamides is 1. The van der Waals surface area contributed by atoms with Crippen molar-refractivity contribution in [1.29, 1.82) is 0 Å². The Morgan fingerprint density at radius 3 is 2.56 bits per heavy atom. The van der Waals surface area contributed by atoms with Crippen LogP contribution in [0.15, 0.2) is 47.9 Å². The van der Waals surface area contributed by atoms with Crippen LogP contribution in [0.1, 0.15) is 6.92 Å². The average molecular weight is 364 g/mol. The van der Waals surface area contributed by atoms with Crippen molar-refractivity contribution < 1.29 is 13.2 Å². The largest absolute Gasteiger partial charge is 0.492 e. The quantitative estimate of drug-likeness (QED) is 0.741. The molecule has 1 aliphatic rings. The third kappa shape index (κ3) is 4.20. The number of aromatic nitrogens is 2. The van der Waals surface area contributed by atoms with Gasteiger partial charge in [-0.25, -0.2) is 13.4 Å². The first kappa shape index (κ1) is 17.9. The van der Waals surface area contributed by atoms with Gasteiger partial charge in [0.1, 0.15) is 10.6 Å². The molecule has 0 aliphatic carbocycles. The molecule has 136 valence electrons. The van der Waals surface area contributed by atoms with E-state index >= 15 is 0 Å². The lowest BCUT2D eigenvalue weighted by Gasteiger charge is -2.34. The molecule has 7 nitrogen and oxygen atoms in total. The van der Waals surface area contributed by atoms with Gasteiger partial charge in [-0.2, -0.15) is 4.31 Å². The first-order valence-corrected chi connectivity index (χ1v) is 9.95. The molecule has 2 heterocycles. The number of rotatable bonds is 7. The Morgan fingerprint density at radius 2 is 1.88 bits per heavy atom. The molecule has 1 aromatic carbocycles. The van der Waals surface area contributed by atoms with Crippen LogP contribution in [-0.4, -0.2) is 66.5 Å². The predicted octanol–water partition coefficient (Wildman–Crippen LogP) is 1.29. The molecule has 0 unspecified atom stereocenters. The fraction of sp³-hybridized carbons (Fsp3) is 0.471. The van der Waals surface area contributed by atoms with E-state index in [1.807, 2.05) is 17.7 Å². The smallest absolute Gasteiger partial charge is 0.246 e. The van der Waals surface area contributed by atoms with Gasteiger partial charge in [-0.3, -0.25) is 4.90 Å². The van der Waals surface area contributed by atoms with E-state index in [0.717, 1.165) is 26.2 Å². The van der Waals surface area contributed by atoms with Gasteiger partial charge in [0.15, 0.2) is 0 Å². The average Bonchev–Trinajstić information content (AvgIpc) is 3.14. The summed E-state index contributed by atoms with van der Waals surface area (Å²) in [7, 11) is -3.53. The molecule has 1 saturated heterocycles. The van der Waals surface area contributed by atoms with E-state index in [1.165, 1.54) is 0 Å². The lowest BCUT2D eigenvalue weighted by atomic mass is 10.3. The number of ether oxygens (including phenoxy) is 1. The second-order valence-electron chi connectivity index (χ2n) is 5.93. The normalized spacial score (nSPS) is 16.8.